The van der Waals surface area contributed by atoms with Crippen molar-refractivity contribution in [3.05, 3.63) is 30.6 Å². The standard InChI is InChI=1S/C10HBr9O4/c11-3-1-2(7(20)22-9(14,15)16)4(6(13)5(3)12)8(21)23-10(17,18)19/h1H. The van der Waals surface area contributed by atoms with Gasteiger partial charge in [0.15, 0.2) is 0 Å². The molecule has 13 heteroatoms. The molecule has 23 heavy (non-hydrogen) atoms. The van der Waals surface area contributed by atoms with Gasteiger partial charge in [-0.15, -0.1) is 0 Å². The van der Waals surface area contributed by atoms with E-state index in [9.17, 15) is 9.59 Å². The zero-order valence-corrected chi connectivity index (χ0v) is 24.4. The van der Waals surface area contributed by atoms with Crippen LogP contribution in [0.1, 0.15) is 20.7 Å². The van der Waals surface area contributed by atoms with E-state index >= 15 is 0 Å². The topological polar surface area (TPSA) is 52.6 Å². The van der Waals surface area contributed by atoms with Crippen molar-refractivity contribution in [2.45, 2.75) is 4.66 Å². The van der Waals surface area contributed by atoms with Crippen LogP contribution in [0.2, 0.25) is 0 Å². The predicted octanol–water partition coefficient (Wildman–Crippen LogP) is 7.88. The summed E-state index contributed by atoms with van der Waals surface area (Å²) >= 11 is 28.2. The van der Waals surface area contributed by atoms with E-state index in [0.717, 1.165) is 0 Å². The van der Waals surface area contributed by atoms with Crippen LogP contribution in [0.4, 0.5) is 0 Å². The smallest absolute Gasteiger partial charge is 0.342 e. The van der Waals surface area contributed by atoms with Crippen LogP contribution < -0.4 is 0 Å². The van der Waals surface area contributed by atoms with Gasteiger partial charge in [-0.05, 0) is 149 Å². The van der Waals surface area contributed by atoms with Gasteiger partial charge < -0.3 is 9.47 Å². The van der Waals surface area contributed by atoms with Crippen molar-refractivity contribution in [2.75, 3.05) is 0 Å². The summed E-state index contributed by atoms with van der Waals surface area (Å²) in [5, 5.41) is 0. The Balaban J connectivity index is 3.45. The maximum absolute atomic E-state index is 12.4. The van der Waals surface area contributed by atoms with Gasteiger partial charge in [0.2, 0.25) is 0 Å². The normalized spacial score (nSPS) is 12.0. The molecule has 0 saturated heterocycles. The number of ether oxygens (including phenoxy) is 2. The van der Waals surface area contributed by atoms with E-state index in [2.05, 4.69) is 143 Å². The Labute approximate surface area is 206 Å². The quantitative estimate of drug-likeness (QED) is 0.172. The molecule has 0 atom stereocenters. The molecule has 0 radical (unpaired) electrons. The van der Waals surface area contributed by atoms with Crippen LogP contribution in [0.15, 0.2) is 19.5 Å². The van der Waals surface area contributed by atoms with Gasteiger partial charge in [-0.2, -0.15) is 0 Å². The Morgan fingerprint density at radius 2 is 1.22 bits per heavy atom. The van der Waals surface area contributed by atoms with Crippen LogP contribution in [0.25, 0.3) is 0 Å². The summed E-state index contributed by atoms with van der Waals surface area (Å²) in [5.41, 5.74) is -0.0408. The van der Waals surface area contributed by atoms with Crippen molar-refractivity contribution in [1.82, 2.24) is 0 Å². The van der Waals surface area contributed by atoms with E-state index in [1.807, 2.05) is 0 Å². The number of esters is 2. The highest BCUT2D eigenvalue weighted by atomic mass is 80.0. The molecule has 1 aromatic carbocycles. The van der Waals surface area contributed by atoms with Gasteiger partial charge in [0.1, 0.15) is 0 Å². The molecular formula is C10HBr9O4. The summed E-state index contributed by atoms with van der Waals surface area (Å²) in [6.07, 6.45) is 0. The Bertz CT molecular complexity index is 647. The Kier molecular flexibility index (Phi) is 9.32. The van der Waals surface area contributed by atoms with Gasteiger partial charge in [-0.1, -0.05) is 0 Å². The molecule has 0 fully saturated rings. The average Bonchev–Trinajstić information content (AvgIpc) is 2.30. The highest BCUT2D eigenvalue weighted by molar-refractivity contribution is 9.39. The third-order valence-electron chi connectivity index (χ3n) is 2.00. The first-order valence-electron chi connectivity index (χ1n) is 5.00. The largest absolute Gasteiger partial charge is 0.423 e. The molecule has 0 unspecified atom stereocenters. The van der Waals surface area contributed by atoms with Crippen molar-refractivity contribution in [3.8, 4) is 0 Å². The first kappa shape index (κ1) is 23.5. The van der Waals surface area contributed by atoms with Crippen LogP contribution in [-0.4, -0.2) is 16.6 Å². The Hall–Kier alpha value is 2.48. The SMILES string of the molecule is O=C(OC(Br)(Br)Br)c1cc(Br)c(Br)c(Br)c1C(=O)OC(Br)(Br)Br. The van der Waals surface area contributed by atoms with Crippen molar-refractivity contribution in [3.63, 3.8) is 0 Å². The van der Waals surface area contributed by atoms with Crippen LogP contribution in [0, 0.1) is 0 Å². The highest BCUT2D eigenvalue weighted by Crippen LogP contribution is 2.41. The second-order valence-corrected chi connectivity index (χ2v) is 19.1. The first-order chi connectivity index (χ1) is 10.2. The number of hydrogen-bond donors (Lipinski definition) is 0. The second kappa shape index (κ2) is 9.11. The first-order valence-corrected chi connectivity index (χ1v) is 12.1. The third kappa shape index (κ3) is 7.55. The van der Waals surface area contributed by atoms with Crippen LogP contribution in [-0.2, 0) is 9.47 Å². The van der Waals surface area contributed by atoms with Crippen molar-refractivity contribution >= 4 is 155 Å². The molecule has 0 aliphatic heterocycles. The summed E-state index contributed by atoms with van der Waals surface area (Å²) in [7, 11) is 0. The molecule has 0 amide bonds. The van der Waals surface area contributed by atoms with Crippen molar-refractivity contribution < 1.29 is 19.1 Å². The lowest BCUT2D eigenvalue weighted by Gasteiger charge is -2.19. The third-order valence-corrected chi connectivity index (χ3v) is 6.28. The zero-order chi connectivity index (χ0) is 18.2. The number of alkyl halides is 6. The zero-order valence-electron chi connectivity index (χ0n) is 10.1. The van der Waals surface area contributed by atoms with Crippen LogP contribution in [0.5, 0.6) is 0 Å². The van der Waals surface area contributed by atoms with E-state index in [0.29, 0.717) is 13.4 Å². The average molecular weight is 904 g/mol. The Morgan fingerprint density at radius 1 is 0.783 bits per heavy atom. The monoisotopic (exact) mass is 895 g/mol. The van der Waals surface area contributed by atoms with Crippen molar-refractivity contribution in [2.24, 2.45) is 0 Å². The number of hydrogen-bond acceptors (Lipinski definition) is 4. The van der Waals surface area contributed by atoms with E-state index in [1.165, 1.54) is 6.07 Å². The molecule has 0 spiro atoms. The predicted molar refractivity (Wildman–Crippen MR) is 119 cm³/mol. The summed E-state index contributed by atoms with van der Waals surface area (Å²) < 4.78 is 9.10. The number of carbonyl (C=O) groups is 2. The maximum Gasteiger partial charge on any atom is 0.342 e. The lowest BCUT2D eigenvalue weighted by atomic mass is 10.1. The minimum atomic E-state index is -1.27. The van der Waals surface area contributed by atoms with Crippen LogP contribution >= 0.6 is 143 Å². The molecule has 1 aromatic rings. The van der Waals surface area contributed by atoms with Gasteiger partial charge in [0, 0.05) is 13.4 Å². The summed E-state index contributed by atoms with van der Waals surface area (Å²) in [6.45, 7) is 0. The number of halogens is 9. The maximum atomic E-state index is 12.4. The summed E-state index contributed by atoms with van der Waals surface area (Å²) in [6, 6.07) is 1.44. The fraction of sp³-hybridized carbons (Fsp3) is 0.200. The molecule has 0 aliphatic carbocycles. The van der Waals surface area contributed by atoms with E-state index in [4.69, 9.17) is 9.47 Å². The number of rotatable bonds is 2. The number of carbonyl (C=O) groups excluding carboxylic acids is 2. The molecule has 0 aromatic heterocycles. The van der Waals surface area contributed by atoms with Crippen LogP contribution in [0.3, 0.4) is 0 Å². The molecule has 128 valence electrons. The molecule has 0 heterocycles. The van der Waals surface area contributed by atoms with Crippen molar-refractivity contribution in [1.29, 1.82) is 0 Å². The van der Waals surface area contributed by atoms with Gasteiger partial charge in [-0.3, -0.25) is 0 Å². The van der Waals surface area contributed by atoms with E-state index in [1.54, 1.807) is 0 Å². The second-order valence-electron chi connectivity index (χ2n) is 3.58. The van der Waals surface area contributed by atoms with Gasteiger partial charge in [0.25, 0.3) is 4.66 Å². The molecule has 4 nitrogen and oxygen atoms in total. The highest BCUT2D eigenvalue weighted by Gasteiger charge is 2.33. The fourth-order valence-corrected chi connectivity index (χ4v) is 3.75. The minimum Gasteiger partial charge on any atom is -0.423 e. The van der Waals surface area contributed by atoms with E-state index in [-0.39, 0.29) is 11.1 Å². The molecule has 0 aliphatic rings. The van der Waals surface area contributed by atoms with Gasteiger partial charge >= 0.3 is 11.9 Å². The minimum absolute atomic E-state index is 0.0172. The molecule has 0 bridgehead atoms. The Morgan fingerprint density at radius 3 is 1.65 bits per heavy atom. The number of benzene rings is 1. The molecule has 0 N–H and O–H groups in total. The summed E-state index contributed by atoms with van der Waals surface area (Å²) in [4.78, 5) is 24.8. The lowest BCUT2D eigenvalue weighted by molar-refractivity contribution is 0.0489. The molecule has 1 rings (SSSR count). The lowest BCUT2D eigenvalue weighted by Crippen LogP contribution is -2.22. The molecular weight excluding hydrogens is 903 g/mol. The van der Waals surface area contributed by atoms with Gasteiger partial charge in [0.05, 0.1) is 11.1 Å². The fourth-order valence-electron chi connectivity index (χ4n) is 1.27. The summed E-state index contributed by atoms with van der Waals surface area (Å²) in [5.74, 6) is -1.56. The van der Waals surface area contributed by atoms with E-state index < -0.39 is 16.6 Å². The molecule has 0 saturated carbocycles. The van der Waals surface area contributed by atoms with Gasteiger partial charge in [-0.25, -0.2) is 9.59 Å².